The van der Waals surface area contributed by atoms with Gasteiger partial charge in [0.25, 0.3) is 0 Å². The maximum absolute atomic E-state index is 12.5. The first kappa shape index (κ1) is 29.4. The summed E-state index contributed by atoms with van der Waals surface area (Å²) >= 11 is 1.15. The lowest BCUT2D eigenvalue weighted by atomic mass is 10.2. The van der Waals surface area contributed by atoms with Crippen molar-refractivity contribution in [2.75, 3.05) is 24.0 Å². The highest BCUT2D eigenvalue weighted by atomic mass is 32.2. The molecule has 3 aromatic carbocycles. The molecule has 11 nitrogen and oxygen atoms in total. The predicted octanol–water partition coefficient (Wildman–Crippen LogP) is 5.41. The Hall–Kier alpha value is -5.05. The third kappa shape index (κ3) is 7.43. The van der Waals surface area contributed by atoms with Crippen LogP contribution >= 0.6 is 11.8 Å². The Morgan fingerprint density at radius 2 is 1.74 bits per heavy atom. The van der Waals surface area contributed by atoms with E-state index in [1.54, 1.807) is 48.5 Å². The Kier molecular flexibility index (Phi) is 8.80. The number of urea groups is 1. The van der Waals surface area contributed by atoms with Crippen LogP contribution in [0, 0.1) is 0 Å². The van der Waals surface area contributed by atoms with Crippen LogP contribution in [0.5, 0.6) is 17.2 Å². The standard InChI is InChI=1S/C28H23F3N6O5S/c1-2-40-23-6-4-3-5-22(23)37-24(38)15-43-27(37)34-26(39)33-17-41-20-11-7-18(8-12-20)25-32-16-36(35-25)19-9-13-21(14-10-19)42-28(29,30)31/h3-14,16H,2,15,17H2,1H3,(H,33,39)/b34-27-. The molecule has 222 valence electrons. The van der Waals surface area contributed by atoms with Gasteiger partial charge in [-0.15, -0.1) is 18.3 Å². The molecule has 1 N–H and O–H groups in total. The number of hydrogen-bond donors (Lipinski definition) is 1. The molecule has 1 fully saturated rings. The summed E-state index contributed by atoms with van der Waals surface area (Å²) in [6.07, 6.45) is -3.34. The fraction of sp³-hybridized carbons (Fsp3) is 0.179. The van der Waals surface area contributed by atoms with Crippen LogP contribution in [0.2, 0.25) is 0 Å². The zero-order valence-electron chi connectivity index (χ0n) is 22.4. The summed E-state index contributed by atoms with van der Waals surface area (Å²) in [5.74, 6) is 0.934. The van der Waals surface area contributed by atoms with Gasteiger partial charge in [-0.1, -0.05) is 23.9 Å². The number of aromatic nitrogens is 3. The number of hydrogen-bond acceptors (Lipinski definition) is 8. The second kappa shape index (κ2) is 12.9. The normalized spacial score (nSPS) is 14.2. The van der Waals surface area contributed by atoms with E-state index in [1.165, 1.54) is 40.2 Å². The molecule has 0 atom stereocenters. The monoisotopic (exact) mass is 612 g/mol. The molecular formula is C28H23F3N6O5S. The minimum atomic E-state index is -4.77. The largest absolute Gasteiger partial charge is 0.573 e. The van der Waals surface area contributed by atoms with Gasteiger partial charge in [0.2, 0.25) is 5.91 Å². The first-order valence-electron chi connectivity index (χ1n) is 12.8. The van der Waals surface area contributed by atoms with E-state index in [9.17, 15) is 22.8 Å². The highest BCUT2D eigenvalue weighted by Crippen LogP contribution is 2.34. The van der Waals surface area contributed by atoms with Gasteiger partial charge in [-0.3, -0.25) is 9.69 Å². The zero-order chi connectivity index (χ0) is 30.4. The maximum atomic E-state index is 12.5. The number of anilines is 1. The average molecular weight is 613 g/mol. The van der Waals surface area contributed by atoms with Crippen molar-refractivity contribution in [3.05, 3.63) is 79.1 Å². The number of aliphatic imine (C=N–C) groups is 1. The number of rotatable bonds is 9. The summed E-state index contributed by atoms with van der Waals surface area (Å²) < 4.78 is 53.6. The molecule has 1 aromatic heterocycles. The number of nitrogens with one attached hydrogen (secondary N) is 1. The van der Waals surface area contributed by atoms with Gasteiger partial charge < -0.3 is 19.5 Å². The molecule has 5 rings (SSSR count). The second-order valence-corrected chi connectivity index (χ2v) is 9.60. The minimum Gasteiger partial charge on any atom is -0.492 e. The minimum absolute atomic E-state index is 0.145. The van der Waals surface area contributed by atoms with Crippen molar-refractivity contribution < 1.29 is 37.0 Å². The summed E-state index contributed by atoms with van der Waals surface area (Å²) in [6.45, 7) is 2.08. The molecular weight excluding hydrogens is 589 g/mol. The van der Waals surface area contributed by atoms with Crippen LogP contribution in [-0.4, -0.2) is 57.3 Å². The molecule has 0 unspecified atom stereocenters. The van der Waals surface area contributed by atoms with Gasteiger partial charge >= 0.3 is 12.4 Å². The van der Waals surface area contributed by atoms with Crippen LogP contribution in [0.1, 0.15) is 6.92 Å². The first-order valence-corrected chi connectivity index (χ1v) is 13.7. The number of ether oxygens (including phenoxy) is 3. The summed E-state index contributed by atoms with van der Waals surface area (Å²) in [7, 11) is 0. The fourth-order valence-electron chi connectivity index (χ4n) is 3.93. The van der Waals surface area contributed by atoms with Crippen molar-refractivity contribution >= 4 is 34.6 Å². The van der Waals surface area contributed by atoms with Crippen molar-refractivity contribution in [3.8, 4) is 34.3 Å². The number of amides is 3. The maximum Gasteiger partial charge on any atom is 0.573 e. The Balaban J connectivity index is 1.16. The first-order chi connectivity index (χ1) is 20.7. The number of amidine groups is 1. The highest BCUT2D eigenvalue weighted by molar-refractivity contribution is 8.15. The molecule has 15 heteroatoms. The Morgan fingerprint density at radius 1 is 1.02 bits per heavy atom. The van der Waals surface area contributed by atoms with E-state index in [0.29, 0.717) is 40.9 Å². The average Bonchev–Trinajstić information content (AvgIpc) is 3.61. The molecule has 1 aliphatic rings. The number of para-hydroxylation sites is 2. The number of thioether (sulfide) groups is 1. The van der Waals surface area contributed by atoms with Crippen molar-refractivity contribution in [2.45, 2.75) is 13.3 Å². The summed E-state index contributed by atoms with van der Waals surface area (Å²) in [6, 6.07) is 18.3. The van der Waals surface area contributed by atoms with Crippen molar-refractivity contribution in [1.82, 2.24) is 20.1 Å². The molecule has 0 bridgehead atoms. The summed E-state index contributed by atoms with van der Waals surface area (Å²) in [5.41, 5.74) is 1.67. The quantitative estimate of drug-likeness (QED) is 0.249. The Labute approximate surface area is 247 Å². The van der Waals surface area contributed by atoms with Crippen molar-refractivity contribution in [2.24, 2.45) is 4.99 Å². The van der Waals surface area contributed by atoms with E-state index < -0.39 is 12.4 Å². The van der Waals surface area contributed by atoms with Crippen LogP contribution in [-0.2, 0) is 4.79 Å². The summed E-state index contributed by atoms with van der Waals surface area (Å²) in [4.78, 5) is 34.7. The van der Waals surface area contributed by atoms with E-state index in [-0.39, 0.29) is 29.3 Å². The molecule has 1 aliphatic heterocycles. The lowest BCUT2D eigenvalue weighted by Crippen LogP contribution is -2.32. The summed E-state index contributed by atoms with van der Waals surface area (Å²) in [5, 5.41) is 7.13. The smallest absolute Gasteiger partial charge is 0.492 e. The van der Waals surface area contributed by atoms with E-state index in [4.69, 9.17) is 9.47 Å². The molecule has 2 heterocycles. The van der Waals surface area contributed by atoms with Gasteiger partial charge in [-0.05, 0) is 67.6 Å². The lowest BCUT2D eigenvalue weighted by Gasteiger charge is -2.19. The SMILES string of the molecule is CCOc1ccccc1N1C(=O)CS/C1=N\C(=O)NCOc1ccc(-c2ncn(-c3ccc(OC(F)(F)F)cc3)n2)cc1. The predicted molar refractivity (Wildman–Crippen MR) is 152 cm³/mol. The van der Waals surface area contributed by atoms with E-state index in [1.807, 2.05) is 6.92 Å². The molecule has 4 aromatic rings. The zero-order valence-corrected chi connectivity index (χ0v) is 23.3. The molecule has 0 spiro atoms. The molecule has 0 radical (unpaired) electrons. The van der Waals surface area contributed by atoms with Crippen LogP contribution < -0.4 is 24.4 Å². The highest BCUT2D eigenvalue weighted by Gasteiger charge is 2.32. The second-order valence-electron chi connectivity index (χ2n) is 8.66. The molecule has 0 aliphatic carbocycles. The number of carbonyl (C=O) groups excluding carboxylic acids is 2. The molecule has 1 saturated heterocycles. The van der Waals surface area contributed by atoms with E-state index >= 15 is 0 Å². The third-order valence-electron chi connectivity index (χ3n) is 5.77. The van der Waals surface area contributed by atoms with Crippen LogP contribution in [0.25, 0.3) is 17.1 Å². The number of benzene rings is 3. The Morgan fingerprint density at radius 3 is 2.47 bits per heavy atom. The third-order valence-corrected chi connectivity index (χ3v) is 6.69. The van der Waals surface area contributed by atoms with Crippen LogP contribution in [0.4, 0.5) is 23.7 Å². The number of halogens is 3. The van der Waals surface area contributed by atoms with E-state index in [2.05, 4.69) is 25.1 Å². The molecule has 43 heavy (non-hydrogen) atoms. The fourth-order valence-corrected chi connectivity index (χ4v) is 4.79. The lowest BCUT2D eigenvalue weighted by molar-refractivity contribution is -0.274. The van der Waals surface area contributed by atoms with Gasteiger partial charge in [0.1, 0.15) is 23.6 Å². The van der Waals surface area contributed by atoms with Crippen molar-refractivity contribution in [3.63, 3.8) is 0 Å². The van der Waals surface area contributed by atoms with Crippen LogP contribution in [0.15, 0.2) is 84.1 Å². The number of alkyl halides is 3. The van der Waals surface area contributed by atoms with Crippen LogP contribution in [0.3, 0.4) is 0 Å². The van der Waals surface area contributed by atoms with Gasteiger partial charge in [0.15, 0.2) is 17.7 Å². The van der Waals surface area contributed by atoms with Gasteiger partial charge in [-0.2, -0.15) is 4.99 Å². The van der Waals surface area contributed by atoms with Gasteiger partial charge in [-0.25, -0.2) is 14.5 Å². The molecule has 3 amide bonds. The van der Waals surface area contributed by atoms with Gasteiger partial charge in [0.05, 0.1) is 23.7 Å². The van der Waals surface area contributed by atoms with Crippen molar-refractivity contribution in [1.29, 1.82) is 0 Å². The van der Waals surface area contributed by atoms with Gasteiger partial charge in [0, 0.05) is 5.56 Å². The number of nitrogens with zero attached hydrogens (tertiary/aromatic N) is 5. The molecule has 0 saturated carbocycles. The topological polar surface area (TPSA) is 120 Å². The Bertz CT molecular complexity index is 1630. The van der Waals surface area contributed by atoms with E-state index in [0.717, 1.165) is 11.8 Å². The number of carbonyl (C=O) groups is 2.